The van der Waals surface area contributed by atoms with Gasteiger partial charge < -0.3 is 10.4 Å². The second-order valence-electron chi connectivity index (χ2n) is 4.32. The normalized spacial score (nSPS) is 12.1. The number of rotatable bonds is 5. The van der Waals surface area contributed by atoms with E-state index in [1.807, 2.05) is 17.5 Å². The maximum atomic E-state index is 11.9. The number of hydrogen-bond donors (Lipinski definition) is 2. The zero-order chi connectivity index (χ0) is 14.7. The van der Waals surface area contributed by atoms with E-state index in [1.165, 1.54) is 11.3 Å². The second kappa shape index (κ2) is 6.15. The summed E-state index contributed by atoms with van der Waals surface area (Å²) in [6.07, 6.45) is 0.331. The number of nitrogens with one attached hydrogen (secondary N) is 1. The molecule has 7 heteroatoms. The fraction of sp³-hybridized carbons (Fsp3) is 0.308. The smallest absolute Gasteiger partial charge is 0.347 e. The quantitative estimate of drug-likeness (QED) is 0.889. The van der Waals surface area contributed by atoms with E-state index in [9.17, 15) is 9.59 Å². The van der Waals surface area contributed by atoms with Crippen molar-refractivity contribution in [2.45, 2.75) is 26.3 Å². The number of amides is 1. The fourth-order valence-electron chi connectivity index (χ4n) is 1.73. The van der Waals surface area contributed by atoms with Crippen molar-refractivity contribution in [2.75, 3.05) is 0 Å². The molecule has 0 spiro atoms. The zero-order valence-electron chi connectivity index (χ0n) is 11.0. The Kier molecular flexibility index (Phi) is 4.51. The first-order valence-electron chi connectivity index (χ1n) is 5.99. The van der Waals surface area contributed by atoms with E-state index in [4.69, 9.17) is 5.11 Å². The molecular formula is C13H14N2O3S2. The average Bonchev–Trinajstić information content (AvgIpc) is 2.98. The van der Waals surface area contributed by atoms with Crippen LogP contribution in [-0.2, 0) is 11.2 Å². The fourth-order valence-corrected chi connectivity index (χ4v) is 3.34. The molecule has 1 atom stereocenters. The number of thiazole rings is 1. The number of aromatic nitrogens is 1. The summed E-state index contributed by atoms with van der Waals surface area (Å²) in [5, 5.41) is 14.4. The van der Waals surface area contributed by atoms with Crippen molar-refractivity contribution in [1.82, 2.24) is 10.3 Å². The van der Waals surface area contributed by atoms with Crippen LogP contribution in [0, 0.1) is 6.92 Å². The van der Waals surface area contributed by atoms with Crippen molar-refractivity contribution < 1.29 is 14.7 Å². The Balaban J connectivity index is 2.01. The highest BCUT2D eigenvalue weighted by molar-refractivity contribution is 7.13. The first-order chi connectivity index (χ1) is 9.47. The van der Waals surface area contributed by atoms with E-state index in [1.54, 1.807) is 13.8 Å². The molecule has 106 valence electrons. The Morgan fingerprint density at radius 2 is 2.25 bits per heavy atom. The lowest BCUT2D eigenvalue weighted by atomic mass is 10.3. The number of hydrogen-bond acceptors (Lipinski definition) is 5. The Hall–Kier alpha value is -1.73. The molecular weight excluding hydrogens is 296 g/mol. The summed E-state index contributed by atoms with van der Waals surface area (Å²) < 4.78 is 0. The van der Waals surface area contributed by atoms with E-state index >= 15 is 0 Å². The molecule has 0 fully saturated rings. The van der Waals surface area contributed by atoms with Crippen molar-refractivity contribution >= 4 is 34.6 Å². The topological polar surface area (TPSA) is 79.3 Å². The number of carbonyl (C=O) groups is 2. The van der Waals surface area contributed by atoms with Gasteiger partial charge in [-0.2, -0.15) is 0 Å². The molecule has 0 unspecified atom stereocenters. The van der Waals surface area contributed by atoms with Crippen molar-refractivity contribution in [1.29, 1.82) is 0 Å². The predicted octanol–water partition coefficient (Wildman–Crippen LogP) is 2.63. The van der Waals surface area contributed by atoms with Gasteiger partial charge in [0.05, 0.1) is 18.2 Å². The second-order valence-corrected chi connectivity index (χ2v) is 6.38. The van der Waals surface area contributed by atoms with Gasteiger partial charge in [0.15, 0.2) is 0 Å². The van der Waals surface area contributed by atoms with Gasteiger partial charge in [0.1, 0.15) is 9.88 Å². The number of carbonyl (C=O) groups excluding carboxylic acids is 1. The molecule has 0 aliphatic heterocycles. The maximum absolute atomic E-state index is 11.9. The number of aryl methyl sites for hydroxylation is 1. The van der Waals surface area contributed by atoms with Gasteiger partial charge in [-0.15, -0.1) is 22.7 Å². The minimum absolute atomic E-state index is 0.0929. The molecule has 0 saturated carbocycles. The Labute approximate surface area is 124 Å². The van der Waals surface area contributed by atoms with Crippen LogP contribution in [0.25, 0.3) is 0 Å². The highest BCUT2D eigenvalue weighted by Gasteiger charge is 2.19. The van der Waals surface area contributed by atoms with Crippen LogP contribution in [0.1, 0.15) is 38.2 Å². The van der Waals surface area contributed by atoms with Gasteiger partial charge in [-0.25, -0.2) is 9.78 Å². The first-order valence-corrected chi connectivity index (χ1v) is 7.69. The lowest BCUT2D eigenvalue weighted by molar-refractivity contribution is -0.121. The molecule has 0 aliphatic carbocycles. The van der Waals surface area contributed by atoms with E-state index in [-0.39, 0.29) is 16.8 Å². The molecule has 20 heavy (non-hydrogen) atoms. The van der Waals surface area contributed by atoms with E-state index in [0.29, 0.717) is 17.1 Å². The minimum atomic E-state index is -0.983. The molecule has 0 radical (unpaired) electrons. The van der Waals surface area contributed by atoms with Crippen molar-refractivity contribution in [3.05, 3.63) is 38.0 Å². The third kappa shape index (κ3) is 3.43. The molecule has 2 heterocycles. The minimum Gasteiger partial charge on any atom is -0.477 e. The lowest BCUT2D eigenvalue weighted by Crippen LogP contribution is -2.27. The van der Waals surface area contributed by atoms with Crippen molar-refractivity contribution in [3.63, 3.8) is 0 Å². The SMILES string of the molecule is Cc1nc([C@@H](C)NC(=O)Cc2cccs2)sc1C(=O)O. The third-order valence-electron chi connectivity index (χ3n) is 2.67. The van der Waals surface area contributed by atoms with Crippen LogP contribution in [0.5, 0.6) is 0 Å². The zero-order valence-corrected chi connectivity index (χ0v) is 12.7. The number of aromatic carboxylic acids is 1. The summed E-state index contributed by atoms with van der Waals surface area (Å²) in [7, 11) is 0. The monoisotopic (exact) mass is 310 g/mol. The van der Waals surface area contributed by atoms with Crippen LogP contribution < -0.4 is 5.32 Å². The van der Waals surface area contributed by atoms with Gasteiger partial charge in [0, 0.05) is 4.88 Å². The van der Waals surface area contributed by atoms with Crippen molar-refractivity contribution in [2.24, 2.45) is 0 Å². The van der Waals surface area contributed by atoms with Crippen LogP contribution in [0.2, 0.25) is 0 Å². The summed E-state index contributed by atoms with van der Waals surface area (Å²) >= 11 is 2.64. The van der Waals surface area contributed by atoms with Crippen LogP contribution >= 0.6 is 22.7 Å². The molecule has 0 aromatic carbocycles. The standard InChI is InChI=1S/C13H14N2O3S2/c1-7-11(13(17)18)20-12(15-7)8(2)14-10(16)6-9-4-3-5-19-9/h3-5,8H,6H2,1-2H3,(H,14,16)(H,17,18)/t8-/m1/s1. The van der Waals surface area contributed by atoms with Gasteiger partial charge in [-0.1, -0.05) is 6.07 Å². The number of thiophene rings is 1. The van der Waals surface area contributed by atoms with E-state index < -0.39 is 5.97 Å². The summed E-state index contributed by atoms with van der Waals surface area (Å²) in [4.78, 5) is 28.3. The molecule has 0 bridgehead atoms. The highest BCUT2D eigenvalue weighted by Crippen LogP contribution is 2.23. The van der Waals surface area contributed by atoms with Gasteiger partial charge in [-0.3, -0.25) is 4.79 Å². The van der Waals surface area contributed by atoms with E-state index in [0.717, 1.165) is 16.2 Å². The molecule has 2 aromatic heterocycles. The lowest BCUT2D eigenvalue weighted by Gasteiger charge is -2.10. The maximum Gasteiger partial charge on any atom is 0.347 e. The molecule has 2 aromatic rings. The molecule has 0 aliphatic rings. The van der Waals surface area contributed by atoms with Crippen molar-refractivity contribution in [3.8, 4) is 0 Å². The average molecular weight is 310 g/mol. The first kappa shape index (κ1) is 14.7. The van der Waals surface area contributed by atoms with Crippen LogP contribution in [0.15, 0.2) is 17.5 Å². The summed E-state index contributed by atoms with van der Waals surface area (Å²) in [6, 6.07) is 3.52. The largest absolute Gasteiger partial charge is 0.477 e. The molecule has 2 rings (SSSR count). The highest BCUT2D eigenvalue weighted by atomic mass is 32.1. The Morgan fingerprint density at radius 1 is 1.50 bits per heavy atom. The summed E-state index contributed by atoms with van der Waals surface area (Å²) in [5.41, 5.74) is 0.483. The van der Waals surface area contributed by atoms with E-state index in [2.05, 4.69) is 10.3 Å². The predicted molar refractivity (Wildman–Crippen MR) is 78.4 cm³/mol. The third-order valence-corrected chi connectivity index (χ3v) is 4.87. The van der Waals surface area contributed by atoms with Gasteiger partial charge in [-0.05, 0) is 25.3 Å². The molecule has 1 amide bonds. The number of nitrogens with zero attached hydrogens (tertiary/aromatic N) is 1. The molecule has 2 N–H and O–H groups in total. The van der Waals surface area contributed by atoms with Gasteiger partial charge >= 0.3 is 5.97 Å². The number of carboxylic acids is 1. The van der Waals surface area contributed by atoms with Crippen LogP contribution in [0.3, 0.4) is 0 Å². The summed E-state index contributed by atoms with van der Waals surface area (Å²) in [5.74, 6) is -1.08. The summed E-state index contributed by atoms with van der Waals surface area (Å²) in [6.45, 7) is 3.46. The Bertz CT molecular complexity index is 620. The molecule has 5 nitrogen and oxygen atoms in total. The Morgan fingerprint density at radius 3 is 2.80 bits per heavy atom. The van der Waals surface area contributed by atoms with Crippen LogP contribution in [0.4, 0.5) is 0 Å². The van der Waals surface area contributed by atoms with Crippen LogP contribution in [-0.4, -0.2) is 22.0 Å². The number of carboxylic acid groups (broad SMARTS) is 1. The molecule has 0 saturated heterocycles. The van der Waals surface area contributed by atoms with Gasteiger partial charge in [0.2, 0.25) is 5.91 Å². The van der Waals surface area contributed by atoms with Gasteiger partial charge in [0.25, 0.3) is 0 Å².